The molecule has 112 valence electrons. The molecule has 0 amide bonds. The number of aliphatic hydroxyl groups excluding tert-OH is 1. The van der Waals surface area contributed by atoms with Crippen molar-refractivity contribution in [1.82, 2.24) is 14.7 Å². The molecule has 0 saturated heterocycles. The minimum Gasteiger partial charge on any atom is -0.394 e. The van der Waals surface area contributed by atoms with E-state index in [0.717, 1.165) is 18.8 Å². The summed E-state index contributed by atoms with van der Waals surface area (Å²) in [5, 5.41) is 13.3. The zero-order valence-corrected chi connectivity index (χ0v) is 12.7. The number of rotatable bonds is 7. The third kappa shape index (κ3) is 4.85. The normalized spacial score (nSPS) is 11.6. The smallest absolute Gasteiger partial charge is 0.0641 e. The summed E-state index contributed by atoms with van der Waals surface area (Å²) in [4.78, 5) is 2.24. The molecule has 4 heteroatoms. The largest absolute Gasteiger partial charge is 0.394 e. The van der Waals surface area contributed by atoms with Crippen molar-refractivity contribution in [1.29, 1.82) is 0 Å². The molecule has 1 N–H and O–H groups in total. The van der Waals surface area contributed by atoms with Gasteiger partial charge in [0.1, 0.15) is 0 Å². The highest BCUT2D eigenvalue weighted by molar-refractivity contribution is 5.48. The summed E-state index contributed by atoms with van der Waals surface area (Å²) in [6.45, 7) is 4.43. The van der Waals surface area contributed by atoms with Crippen molar-refractivity contribution in [3.63, 3.8) is 0 Å². The van der Waals surface area contributed by atoms with Crippen LogP contribution in [-0.4, -0.2) is 40.0 Å². The Morgan fingerprint density at radius 1 is 1.29 bits per heavy atom. The number of benzene rings is 1. The van der Waals surface area contributed by atoms with Crippen molar-refractivity contribution in [2.75, 3.05) is 20.2 Å². The highest BCUT2D eigenvalue weighted by atomic mass is 16.3. The van der Waals surface area contributed by atoms with Gasteiger partial charge in [0.25, 0.3) is 0 Å². The Balaban J connectivity index is 1.87. The molecule has 0 aliphatic rings. The molecule has 1 heterocycles. The molecule has 1 aromatic heterocycles. The summed E-state index contributed by atoms with van der Waals surface area (Å²) >= 11 is 0. The van der Waals surface area contributed by atoms with Crippen LogP contribution in [0.3, 0.4) is 0 Å². The second-order valence-corrected chi connectivity index (χ2v) is 5.24. The van der Waals surface area contributed by atoms with Gasteiger partial charge in [-0.15, -0.1) is 0 Å². The van der Waals surface area contributed by atoms with E-state index >= 15 is 0 Å². The van der Waals surface area contributed by atoms with Crippen molar-refractivity contribution in [2.24, 2.45) is 0 Å². The number of nitrogens with zero attached hydrogens (tertiary/aromatic N) is 3. The molecule has 0 bridgehead atoms. The van der Waals surface area contributed by atoms with Gasteiger partial charge in [0.2, 0.25) is 0 Å². The van der Waals surface area contributed by atoms with Crippen LogP contribution in [0, 0.1) is 6.92 Å². The van der Waals surface area contributed by atoms with Crippen molar-refractivity contribution < 1.29 is 5.11 Å². The first-order valence-corrected chi connectivity index (χ1v) is 7.23. The van der Waals surface area contributed by atoms with Gasteiger partial charge in [0.05, 0.1) is 18.8 Å². The highest BCUT2D eigenvalue weighted by Gasteiger charge is 2.06. The van der Waals surface area contributed by atoms with E-state index < -0.39 is 0 Å². The Hall–Kier alpha value is -1.91. The van der Waals surface area contributed by atoms with E-state index in [1.54, 1.807) is 4.68 Å². The minimum atomic E-state index is 0.121. The van der Waals surface area contributed by atoms with Crippen LogP contribution in [0.2, 0.25) is 0 Å². The second-order valence-electron chi connectivity index (χ2n) is 5.24. The Morgan fingerprint density at radius 3 is 2.76 bits per heavy atom. The summed E-state index contributed by atoms with van der Waals surface area (Å²) in [6, 6.07) is 10.3. The average molecular weight is 285 g/mol. The topological polar surface area (TPSA) is 41.3 Å². The molecule has 0 radical (unpaired) electrons. The van der Waals surface area contributed by atoms with Gasteiger partial charge in [0.15, 0.2) is 0 Å². The minimum absolute atomic E-state index is 0.121. The molecule has 4 nitrogen and oxygen atoms in total. The average Bonchev–Trinajstić information content (AvgIpc) is 2.80. The lowest BCUT2D eigenvalue weighted by Crippen LogP contribution is -2.17. The van der Waals surface area contributed by atoms with Gasteiger partial charge in [-0.2, -0.15) is 5.10 Å². The van der Waals surface area contributed by atoms with Gasteiger partial charge < -0.3 is 5.11 Å². The van der Waals surface area contributed by atoms with Crippen LogP contribution >= 0.6 is 0 Å². The first-order chi connectivity index (χ1) is 10.2. The van der Waals surface area contributed by atoms with E-state index in [0.29, 0.717) is 6.54 Å². The van der Waals surface area contributed by atoms with Gasteiger partial charge >= 0.3 is 0 Å². The molecule has 0 unspecified atom stereocenters. The van der Waals surface area contributed by atoms with Crippen molar-refractivity contribution in [3.05, 3.63) is 59.4 Å². The molecule has 0 aliphatic carbocycles. The summed E-state index contributed by atoms with van der Waals surface area (Å²) in [6.07, 6.45) is 6.32. The molecule has 0 saturated carbocycles. The fourth-order valence-corrected chi connectivity index (χ4v) is 2.22. The zero-order chi connectivity index (χ0) is 15.1. The van der Waals surface area contributed by atoms with Crippen LogP contribution in [0.15, 0.2) is 42.6 Å². The second kappa shape index (κ2) is 7.76. The number of aryl methyl sites for hydroxylation is 1. The van der Waals surface area contributed by atoms with Crippen LogP contribution in [0.4, 0.5) is 0 Å². The van der Waals surface area contributed by atoms with Gasteiger partial charge in [-0.05, 0) is 19.5 Å². The van der Waals surface area contributed by atoms with Crippen molar-refractivity contribution in [3.8, 4) is 0 Å². The number of aliphatic hydroxyl groups is 1. The van der Waals surface area contributed by atoms with E-state index in [2.05, 4.69) is 41.3 Å². The van der Waals surface area contributed by atoms with Gasteiger partial charge in [-0.3, -0.25) is 9.58 Å². The standard InChI is InChI=1S/C17H23N3O/c1-15-17(14-20(18-15)11-12-21)13-19(2)10-6-9-16-7-4-3-5-8-16/h3-9,14,21H,10-13H2,1-2H3/b9-6+. The summed E-state index contributed by atoms with van der Waals surface area (Å²) in [7, 11) is 2.10. The molecule has 2 aromatic rings. The predicted octanol–water partition coefficient (Wildman–Crippen LogP) is 2.33. The molecule has 0 aliphatic heterocycles. The zero-order valence-electron chi connectivity index (χ0n) is 12.7. The van der Waals surface area contributed by atoms with Gasteiger partial charge in [0, 0.05) is 24.8 Å². The van der Waals surface area contributed by atoms with Crippen LogP contribution < -0.4 is 0 Å². The third-order valence-corrected chi connectivity index (χ3v) is 3.34. The van der Waals surface area contributed by atoms with E-state index in [9.17, 15) is 0 Å². The van der Waals surface area contributed by atoms with Crippen LogP contribution in [-0.2, 0) is 13.1 Å². The molecule has 2 rings (SSSR count). The fourth-order valence-electron chi connectivity index (χ4n) is 2.22. The lowest BCUT2D eigenvalue weighted by Gasteiger charge is -2.13. The van der Waals surface area contributed by atoms with Crippen LogP contribution in [0.1, 0.15) is 16.8 Å². The number of aromatic nitrogens is 2. The maximum atomic E-state index is 8.95. The molecular formula is C17H23N3O. The van der Waals surface area contributed by atoms with Gasteiger partial charge in [-0.1, -0.05) is 42.5 Å². The first kappa shape index (κ1) is 15.5. The molecule has 0 atom stereocenters. The maximum Gasteiger partial charge on any atom is 0.0641 e. The number of likely N-dealkylation sites (N-methyl/N-ethyl adjacent to an activating group) is 1. The molecule has 21 heavy (non-hydrogen) atoms. The monoisotopic (exact) mass is 285 g/mol. The Morgan fingerprint density at radius 2 is 2.05 bits per heavy atom. The third-order valence-electron chi connectivity index (χ3n) is 3.34. The van der Waals surface area contributed by atoms with Gasteiger partial charge in [-0.25, -0.2) is 0 Å². The fraction of sp³-hybridized carbons (Fsp3) is 0.353. The number of hydrogen-bond donors (Lipinski definition) is 1. The van der Waals surface area contributed by atoms with E-state index in [1.165, 1.54) is 11.1 Å². The molecule has 0 spiro atoms. The Labute approximate surface area is 126 Å². The van der Waals surface area contributed by atoms with E-state index in [4.69, 9.17) is 5.11 Å². The van der Waals surface area contributed by atoms with Crippen molar-refractivity contribution in [2.45, 2.75) is 20.0 Å². The number of hydrogen-bond acceptors (Lipinski definition) is 3. The Bertz CT molecular complexity index is 575. The lowest BCUT2D eigenvalue weighted by molar-refractivity contribution is 0.269. The first-order valence-electron chi connectivity index (χ1n) is 7.23. The molecular weight excluding hydrogens is 262 g/mol. The van der Waals surface area contributed by atoms with Crippen LogP contribution in [0.5, 0.6) is 0 Å². The SMILES string of the molecule is Cc1nn(CCO)cc1CN(C)C/C=C/c1ccccc1. The van der Waals surface area contributed by atoms with E-state index in [-0.39, 0.29) is 6.61 Å². The quantitative estimate of drug-likeness (QED) is 0.849. The summed E-state index contributed by atoms with van der Waals surface area (Å²) < 4.78 is 1.80. The lowest BCUT2D eigenvalue weighted by atomic mass is 10.2. The van der Waals surface area contributed by atoms with Crippen LogP contribution in [0.25, 0.3) is 6.08 Å². The molecule has 0 fully saturated rings. The highest BCUT2D eigenvalue weighted by Crippen LogP contribution is 2.09. The summed E-state index contributed by atoms with van der Waals surface area (Å²) in [5.41, 5.74) is 3.46. The van der Waals surface area contributed by atoms with E-state index in [1.807, 2.05) is 31.3 Å². The molecule has 1 aromatic carbocycles. The summed E-state index contributed by atoms with van der Waals surface area (Å²) in [5.74, 6) is 0. The van der Waals surface area contributed by atoms with Crippen molar-refractivity contribution >= 4 is 6.08 Å². The maximum absolute atomic E-state index is 8.95. The Kier molecular flexibility index (Phi) is 5.72. The predicted molar refractivity (Wildman–Crippen MR) is 85.9 cm³/mol.